The molecular weight excluding hydrogens is 645 g/mol. The first kappa shape index (κ1) is 40.2. The molecule has 2 aromatic rings. The number of likely N-dealkylation sites (tertiary alicyclic amines) is 1. The molecule has 11 nitrogen and oxygen atoms in total. The van der Waals surface area contributed by atoms with E-state index in [9.17, 15) is 29.2 Å². The van der Waals surface area contributed by atoms with E-state index < -0.39 is 37.1 Å². The fraction of sp³-hybridized carbons (Fsp3) is 0.590. The number of amides is 3. The van der Waals surface area contributed by atoms with Gasteiger partial charge in [-0.05, 0) is 99.0 Å². The summed E-state index contributed by atoms with van der Waals surface area (Å²) in [6.45, 7) is 5.57. The van der Waals surface area contributed by atoms with Gasteiger partial charge in [-0.25, -0.2) is 0 Å². The number of nitrogens with two attached hydrogens (primary N) is 2. The van der Waals surface area contributed by atoms with Crippen molar-refractivity contribution in [2.75, 3.05) is 19.6 Å². The van der Waals surface area contributed by atoms with Crippen molar-refractivity contribution in [3.05, 3.63) is 71.8 Å². The molecule has 0 aromatic heterocycles. The van der Waals surface area contributed by atoms with E-state index in [4.69, 9.17) is 11.5 Å². The lowest BCUT2D eigenvalue weighted by molar-refractivity contribution is -0.141. The van der Waals surface area contributed by atoms with Crippen molar-refractivity contribution in [1.82, 2.24) is 15.5 Å². The van der Waals surface area contributed by atoms with Gasteiger partial charge < -0.3 is 37.0 Å². The van der Waals surface area contributed by atoms with Crippen molar-refractivity contribution in [3.8, 4) is 0 Å². The zero-order valence-corrected chi connectivity index (χ0v) is 30.3. The highest BCUT2D eigenvalue weighted by Crippen LogP contribution is 2.56. The van der Waals surface area contributed by atoms with Gasteiger partial charge in [0.2, 0.25) is 17.7 Å². The maximum absolute atomic E-state index is 14.0. The molecule has 3 amide bonds. The van der Waals surface area contributed by atoms with E-state index in [-0.39, 0.29) is 47.6 Å². The largest absolute Gasteiger partial charge is 0.454 e. The van der Waals surface area contributed by atoms with Crippen molar-refractivity contribution >= 4 is 30.6 Å². The summed E-state index contributed by atoms with van der Waals surface area (Å²) >= 11 is 0. The number of Topliss-reactive ketones (excluding diaryl/α,β-unsaturated/α-hetero) is 1. The number of ketones is 1. The maximum atomic E-state index is 14.0. The van der Waals surface area contributed by atoms with Gasteiger partial charge in [0.1, 0.15) is 6.04 Å². The number of piperidine rings is 1. The summed E-state index contributed by atoms with van der Waals surface area (Å²) in [7, 11) is -1.30. The van der Waals surface area contributed by atoms with Crippen LogP contribution in [-0.4, -0.2) is 83.3 Å². The highest BCUT2D eigenvalue weighted by atomic mass is 16.4. The summed E-state index contributed by atoms with van der Waals surface area (Å²) in [5, 5.41) is 25.0. The van der Waals surface area contributed by atoms with Gasteiger partial charge in [0, 0.05) is 25.4 Å². The lowest BCUT2D eigenvalue weighted by atomic mass is 9.47. The third kappa shape index (κ3) is 12.0. The van der Waals surface area contributed by atoms with E-state index in [0.717, 1.165) is 43.2 Å². The number of benzene rings is 2. The van der Waals surface area contributed by atoms with Crippen LogP contribution in [0.1, 0.15) is 82.8 Å². The van der Waals surface area contributed by atoms with E-state index in [2.05, 4.69) is 10.6 Å². The molecule has 12 heteroatoms. The van der Waals surface area contributed by atoms with Crippen LogP contribution in [0, 0.1) is 17.3 Å². The predicted octanol–water partition coefficient (Wildman–Crippen LogP) is 2.76. The first-order valence-corrected chi connectivity index (χ1v) is 18.7. The number of nitrogens with one attached hydrogen (secondary N) is 2. The third-order valence-electron chi connectivity index (χ3n) is 10.7. The fourth-order valence-corrected chi connectivity index (χ4v) is 7.71. The monoisotopic (exact) mass is 703 g/mol. The second kappa shape index (κ2) is 19.3. The molecule has 2 aliphatic rings. The predicted molar refractivity (Wildman–Crippen MR) is 199 cm³/mol. The number of nitrogens with zero attached hydrogens (tertiary/aromatic N) is 1. The minimum Gasteiger partial charge on any atom is -0.427 e. The van der Waals surface area contributed by atoms with E-state index >= 15 is 0 Å². The molecule has 1 heterocycles. The minimum absolute atomic E-state index is 0.0450. The average molecular weight is 704 g/mol. The summed E-state index contributed by atoms with van der Waals surface area (Å²) in [4.78, 5) is 57.1. The van der Waals surface area contributed by atoms with Gasteiger partial charge in [0.25, 0.3) is 0 Å². The quantitative estimate of drug-likeness (QED) is 0.0952. The number of hydrogen-bond acceptors (Lipinski definition) is 8. The van der Waals surface area contributed by atoms with Gasteiger partial charge in [-0.2, -0.15) is 0 Å². The molecule has 1 spiro atoms. The van der Waals surface area contributed by atoms with Crippen molar-refractivity contribution in [3.63, 3.8) is 0 Å². The molecule has 8 N–H and O–H groups in total. The molecule has 1 aliphatic carbocycles. The van der Waals surface area contributed by atoms with Gasteiger partial charge in [-0.3, -0.25) is 19.2 Å². The number of carbonyl (C=O) groups is 4. The van der Waals surface area contributed by atoms with Gasteiger partial charge in [0.15, 0.2) is 5.78 Å². The summed E-state index contributed by atoms with van der Waals surface area (Å²) in [6, 6.07) is 16.4. The molecule has 4 rings (SSSR count). The molecule has 0 radical (unpaired) electrons. The molecule has 1 saturated heterocycles. The van der Waals surface area contributed by atoms with Crippen molar-refractivity contribution < 1.29 is 29.2 Å². The first-order valence-electron chi connectivity index (χ1n) is 18.7. The summed E-state index contributed by atoms with van der Waals surface area (Å²) < 4.78 is 0. The molecule has 1 aliphatic heterocycles. The Hall–Kier alpha value is -3.58. The zero-order valence-electron chi connectivity index (χ0n) is 30.3. The molecule has 278 valence electrons. The van der Waals surface area contributed by atoms with Crippen molar-refractivity contribution in [1.29, 1.82) is 0 Å². The second-order valence-electron chi connectivity index (χ2n) is 15.3. The Morgan fingerprint density at radius 3 is 1.98 bits per heavy atom. The normalized spacial score (nSPS) is 18.0. The van der Waals surface area contributed by atoms with Crippen LogP contribution >= 0.6 is 0 Å². The van der Waals surface area contributed by atoms with Crippen LogP contribution in [0.2, 0.25) is 5.82 Å². The Morgan fingerprint density at radius 2 is 1.43 bits per heavy atom. The number of rotatable bonds is 19. The van der Waals surface area contributed by atoms with Crippen LogP contribution < -0.4 is 22.1 Å². The average Bonchev–Trinajstić information content (AvgIpc) is 3.09. The van der Waals surface area contributed by atoms with E-state index in [0.29, 0.717) is 45.3 Å². The van der Waals surface area contributed by atoms with Crippen LogP contribution in [0.4, 0.5) is 0 Å². The zero-order chi connectivity index (χ0) is 37.0. The van der Waals surface area contributed by atoms with Gasteiger partial charge >= 0.3 is 7.12 Å². The summed E-state index contributed by atoms with van der Waals surface area (Å²) in [6.07, 6.45) is 5.83. The van der Waals surface area contributed by atoms with Gasteiger partial charge in [-0.1, -0.05) is 74.5 Å². The SMILES string of the molecule is CC(C)C[C@@H](CC(=O)[C@@H](Cc1ccccc1)NC(=O)[C@H](N)Cc1ccccc1)C(=O)N[C@H](CCCCN)C(=O)N1CCC2(CC1)CC(B(O)O)C2. The molecule has 2 aromatic carbocycles. The molecule has 51 heavy (non-hydrogen) atoms. The highest BCUT2D eigenvalue weighted by Gasteiger charge is 2.50. The van der Waals surface area contributed by atoms with Gasteiger partial charge in [-0.15, -0.1) is 0 Å². The molecule has 0 bridgehead atoms. The number of carbonyl (C=O) groups excluding carboxylic acids is 4. The molecule has 0 unspecified atom stereocenters. The Kier molecular flexibility index (Phi) is 15.2. The van der Waals surface area contributed by atoms with Crippen LogP contribution in [0.25, 0.3) is 0 Å². The first-order chi connectivity index (χ1) is 24.4. The second-order valence-corrected chi connectivity index (χ2v) is 15.3. The molecule has 4 atom stereocenters. The third-order valence-corrected chi connectivity index (χ3v) is 10.7. The van der Waals surface area contributed by atoms with Crippen LogP contribution in [0.5, 0.6) is 0 Å². The highest BCUT2D eigenvalue weighted by molar-refractivity contribution is 6.43. The Bertz CT molecular complexity index is 1410. The summed E-state index contributed by atoms with van der Waals surface area (Å²) in [5.74, 6) is -1.88. The molecule has 2 fully saturated rings. The van der Waals surface area contributed by atoms with E-state index in [1.807, 2.05) is 79.4 Å². The van der Waals surface area contributed by atoms with Crippen LogP contribution in [0.15, 0.2) is 60.7 Å². The number of hydrogen-bond donors (Lipinski definition) is 6. The maximum Gasteiger partial charge on any atom is 0.454 e. The van der Waals surface area contributed by atoms with E-state index in [1.165, 1.54) is 0 Å². The lowest BCUT2D eigenvalue weighted by Crippen LogP contribution is -2.55. The van der Waals surface area contributed by atoms with Crippen LogP contribution in [0.3, 0.4) is 0 Å². The number of unbranched alkanes of at least 4 members (excludes halogenated alkanes) is 1. The van der Waals surface area contributed by atoms with Crippen molar-refractivity contribution in [2.45, 2.75) is 108 Å². The Morgan fingerprint density at radius 1 is 0.863 bits per heavy atom. The smallest absolute Gasteiger partial charge is 0.427 e. The van der Waals surface area contributed by atoms with Gasteiger partial charge in [0.05, 0.1) is 12.1 Å². The van der Waals surface area contributed by atoms with Crippen molar-refractivity contribution in [2.24, 2.45) is 28.7 Å². The lowest BCUT2D eigenvalue weighted by Gasteiger charge is -2.52. The summed E-state index contributed by atoms with van der Waals surface area (Å²) in [5.41, 5.74) is 13.9. The Balaban J connectivity index is 1.44. The topological polar surface area (TPSA) is 188 Å². The molecular formula is C39H58BN5O6. The fourth-order valence-electron chi connectivity index (χ4n) is 7.71. The van der Waals surface area contributed by atoms with Crippen LogP contribution in [-0.2, 0) is 32.0 Å². The standard InChI is InChI=1S/C39H58BN5O6/c1-27(2)21-30(24-35(46)34(23-29-13-7-4-8-14-29)44-37(48)32(42)22-28-11-5-3-6-12-28)36(47)43-33(15-9-10-18-41)38(49)45-19-16-39(17-20-45)25-31(26-39)40(50)51/h3-8,11-14,27,30-34,50-51H,9-10,15-26,41-42H2,1-2H3,(H,43,47)(H,44,48)/t30-,32+,33+,34+/m0/s1. The Labute approximate surface area is 303 Å². The van der Waals surface area contributed by atoms with E-state index in [1.54, 1.807) is 0 Å². The molecule has 1 saturated carbocycles. The minimum atomic E-state index is -1.30.